The van der Waals surface area contributed by atoms with Crippen LogP contribution in [0.1, 0.15) is 13.3 Å². The molecule has 0 aliphatic heterocycles. The SMILES string of the molecule is CCCOC(=CN(C)C)C[NH+](C)C.[I-]. The molecule has 0 aliphatic rings. The normalized spacial score (nSPS) is 11.1. The molecule has 0 unspecified atom stereocenters. The Hall–Kier alpha value is 0.0300. The van der Waals surface area contributed by atoms with Crippen molar-refractivity contribution in [1.82, 2.24) is 4.90 Å². The lowest BCUT2D eigenvalue weighted by Crippen LogP contribution is -3.05. The molecule has 0 bridgehead atoms. The van der Waals surface area contributed by atoms with E-state index in [0.717, 1.165) is 25.3 Å². The number of nitrogens with one attached hydrogen (secondary N) is 1. The molecule has 0 atom stereocenters. The third-order valence-corrected chi connectivity index (χ3v) is 1.42. The van der Waals surface area contributed by atoms with Crippen LogP contribution in [0.2, 0.25) is 0 Å². The average molecular weight is 314 g/mol. The van der Waals surface area contributed by atoms with E-state index < -0.39 is 0 Å². The van der Waals surface area contributed by atoms with E-state index in [0.29, 0.717) is 0 Å². The van der Waals surface area contributed by atoms with Gasteiger partial charge in [-0.1, -0.05) is 6.92 Å². The number of ether oxygens (including phenoxy) is 1. The van der Waals surface area contributed by atoms with Crippen molar-refractivity contribution >= 4 is 0 Å². The summed E-state index contributed by atoms with van der Waals surface area (Å²) in [5.74, 6) is 1.06. The summed E-state index contributed by atoms with van der Waals surface area (Å²) in [4.78, 5) is 3.40. The third kappa shape index (κ3) is 10.1. The molecule has 0 spiro atoms. The zero-order valence-corrected chi connectivity index (χ0v) is 12.1. The predicted molar refractivity (Wildman–Crippen MR) is 55.7 cm³/mol. The highest BCUT2D eigenvalue weighted by Gasteiger charge is 2.03. The highest BCUT2D eigenvalue weighted by molar-refractivity contribution is 4.90. The van der Waals surface area contributed by atoms with Crippen LogP contribution >= 0.6 is 0 Å². The predicted octanol–water partition coefficient (Wildman–Crippen LogP) is -3.04. The maximum absolute atomic E-state index is 5.61. The number of quaternary nitrogens is 1. The molecule has 0 rings (SSSR count). The van der Waals surface area contributed by atoms with Gasteiger partial charge >= 0.3 is 0 Å². The highest BCUT2D eigenvalue weighted by Crippen LogP contribution is 1.96. The lowest BCUT2D eigenvalue weighted by Gasteiger charge is -2.14. The van der Waals surface area contributed by atoms with E-state index in [1.165, 1.54) is 4.90 Å². The Kier molecular flexibility index (Phi) is 11.3. The van der Waals surface area contributed by atoms with Crippen LogP contribution in [0, 0.1) is 0 Å². The van der Waals surface area contributed by atoms with Gasteiger partial charge < -0.3 is 38.5 Å². The molecule has 14 heavy (non-hydrogen) atoms. The maximum atomic E-state index is 5.61. The molecule has 0 aromatic heterocycles. The van der Waals surface area contributed by atoms with Gasteiger partial charge in [-0.25, -0.2) is 0 Å². The molecule has 0 fully saturated rings. The van der Waals surface area contributed by atoms with Crippen molar-refractivity contribution in [3.8, 4) is 0 Å². The summed E-state index contributed by atoms with van der Waals surface area (Å²) < 4.78 is 5.61. The molecule has 0 amide bonds. The van der Waals surface area contributed by atoms with E-state index in [4.69, 9.17) is 4.74 Å². The summed E-state index contributed by atoms with van der Waals surface area (Å²) in [5.41, 5.74) is 0. The second-order valence-electron chi connectivity index (χ2n) is 3.79. The zero-order chi connectivity index (χ0) is 10.3. The third-order valence-electron chi connectivity index (χ3n) is 1.42. The van der Waals surface area contributed by atoms with Gasteiger partial charge in [0.15, 0.2) is 5.76 Å². The standard InChI is InChI=1S/C10H22N2O.HI/c1-6-7-13-10(8-11(2)3)9-12(4)5;/h8H,6-7,9H2,1-5H3;1H. The molecule has 86 valence electrons. The van der Waals surface area contributed by atoms with Gasteiger partial charge in [-0.05, 0) is 6.42 Å². The molecular formula is C10H23IN2O. The van der Waals surface area contributed by atoms with Gasteiger partial charge in [0.1, 0.15) is 6.54 Å². The number of nitrogens with zero attached hydrogens (tertiary/aromatic N) is 1. The average Bonchev–Trinajstić information content (AvgIpc) is 1.98. The van der Waals surface area contributed by atoms with Gasteiger partial charge in [-0.2, -0.15) is 0 Å². The first-order valence-corrected chi connectivity index (χ1v) is 4.85. The van der Waals surface area contributed by atoms with Crippen LogP contribution in [0.25, 0.3) is 0 Å². The fraction of sp³-hybridized carbons (Fsp3) is 0.800. The van der Waals surface area contributed by atoms with Crippen molar-refractivity contribution in [2.75, 3.05) is 41.3 Å². The Labute approximate surface area is 105 Å². The number of hydrogen-bond acceptors (Lipinski definition) is 2. The van der Waals surface area contributed by atoms with Crippen molar-refractivity contribution in [1.29, 1.82) is 0 Å². The topological polar surface area (TPSA) is 16.9 Å². The Morgan fingerprint density at radius 3 is 2.29 bits per heavy atom. The lowest BCUT2D eigenvalue weighted by molar-refractivity contribution is -0.854. The molecule has 0 aromatic rings. The van der Waals surface area contributed by atoms with Crippen LogP contribution in [0.5, 0.6) is 0 Å². The molecule has 1 N–H and O–H groups in total. The van der Waals surface area contributed by atoms with E-state index in [2.05, 4.69) is 21.0 Å². The number of halogens is 1. The summed E-state index contributed by atoms with van der Waals surface area (Å²) in [6.07, 6.45) is 3.11. The van der Waals surface area contributed by atoms with Gasteiger partial charge in [0.05, 0.1) is 20.7 Å². The van der Waals surface area contributed by atoms with E-state index in [1.54, 1.807) is 0 Å². The Bertz CT molecular complexity index is 158. The molecule has 3 nitrogen and oxygen atoms in total. The zero-order valence-electron chi connectivity index (χ0n) is 9.93. The van der Waals surface area contributed by atoms with Crippen LogP contribution in [0.15, 0.2) is 12.0 Å². The van der Waals surface area contributed by atoms with E-state index in [9.17, 15) is 0 Å². The van der Waals surface area contributed by atoms with Crippen molar-refractivity contribution in [3.63, 3.8) is 0 Å². The Morgan fingerprint density at radius 2 is 1.93 bits per heavy atom. The maximum Gasteiger partial charge on any atom is 0.166 e. The fourth-order valence-corrected chi connectivity index (χ4v) is 1.00. The smallest absolute Gasteiger partial charge is 0.166 e. The summed E-state index contributed by atoms with van der Waals surface area (Å²) in [6, 6.07) is 0. The number of likely N-dealkylation sites (N-methyl/N-ethyl adjacent to an activating group) is 1. The largest absolute Gasteiger partial charge is 1.00 e. The van der Waals surface area contributed by atoms with Crippen molar-refractivity contribution in [2.45, 2.75) is 13.3 Å². The molecule has 4 heteroatoms. The quantitative estimate of drug-likeness (QED) is 0.415. The molecule has 0 radical (unpaired) electrons. The minimum Gasteiger partial charge on any atom is -1.00 e. The minimum absolute atomic E-state index is 0. The molecule has 0 saturated heterocycles. The van der Waals surface area contributed by atoms with Gasteiger partial charge in [-0.3, -0.25) is 0 Å². The molecule has 0 heterocycles. The first kappa shape index (κ1) is 16.5. The van der Waals surface area contributed by atoms with Crippen LogP contribution in [0.3, 0.4) is 0 Å². The second kappa shape index (κ2) is 9.58. The number of rotatable bonds is 6. The van der Waals surface area contributed by atoms with E-state index >= 15 is 0 Å². The summed E-state index contributed by atoms with van der Waals surface area (Å²) >= 11 is 0. The second-order valence-corrected chi connectivity index (χ2v) is 3.79. The minimum atomic E-state index is 0. The van der Waals surface area contributed by atoms with Gasteiger partial charge in [0.25, 0.3) is 0 Å². The van der Waals surface area contributed by atoms with E-state index in [-0.39, 0.29) is 24.0 Å². The Balaban J connectivity index is 0. The monoisotopic (exact) mass is 314 g/mol. The van der Waals surface area contributed by atoms with Gasteiger partial charge in [0, 0.05) is 20.3 Å². The van der Waals surface area contributed by atoms with Crippen LogP contribution < -0.4 is 28.9 Å². The summed E-state index contributed by atoms with van der Waals surface area (Å²) in [5, 5.41) is 0. The first-order chi connectivity index (χ1) is 6.06. The van der Waals surface area contributed by atoms with Crippen LogP contribution in [-0.2, 0) is 4.74 Å². The molecule has 0 aliphatic carbocycles. The van der Waals surface area contributed by atoms with Crippen molar-refractivity contribution in [2.24, 2.45) is 0 Å². The van der Waals surface area contributed by atoms with Gasteiger partial charge in [-0.15, -0.1) is 0 Å². The number of hydrogen-bond donors (Lipinski definition) is 1. The van der Waals surface area contributed by atoms with Crippen molar-refractivity contribution < 1.29 is 33.6 Å². The molecule has 0 saturated carbocycles. The Morgan fingerprint density at radius 1 is 1.36 bits per heavy atom. The first-order valence-electron chi connectivity index (χ1n) is 4.85. The van der Waals surface area contributed by atoms with E-state index in [1.807, 2.05) is 25.2 Å². The summed E-state index contributed by atoms with van der Waals surface area (Å²) in [6.45, 7) is 3.88. The fourth-order valence-electron chi connectivity index (χ4n) is 1.00. The van der Waals surface area contributed by atoms with Crippen molar-refractivity contribution in [3.05, 3.63) is 12.0 Å². The molecule has 0 aromatic carbocycles. The van der Waals surface area contributed by atoms with Crippen LogP contribution in [0.4, 0.5) is 0 Å². The molecular weight excluding hydrogens is 291 g/mol. The lowest BCUT2D eigenvalue weighted by atomic mass is 10.4. The highest BCUT2D eigenvalue weighted by atomic mass is 127. The van der Waals surface area contributed by atoms with Crippen LogP contribution in [-0.4, -0.2) is 46.2 Å². The summed E-state index contributed by atoms with van der Waals surface area (Å²) in [7, 11) is 8.28. The van der Waals surface area contributed by atoms with Gasteiger partial charge in [0.2, 0.25) is 0 Å².